The summed E-state index contributed by atoms with van der Waals surface area (Å²) in [5.74, 6) is -0.450. The van der Waals surface area contributed by atoms with Crippen LogP contribution in [0.3, 0.4) is 0 Å². The smallest absolute Gasteiger partial charge is 0.262 e. The summed E-state index contributed by atoms with van der Waals surface area (Å²) < 4.78 is 40.7. The third kappa shape index (κ3) is 3.81. The number of hydrogen-bond donors (Lipinski definition) is 2. The van der Waals surface area contributed by atoms with Crippen LogP contribution in [0.15, 0.2) is 51.8 Å². The van der Waals surface area contributed by atoms with E-state index in [0.29, 0.717) is 17.8 Å². The van der Waals surface area contributed by atoms with Crippen molar-refractivity contribution in [3.63, 3.8) is 0 Å². The molecular formula is C14H14BrFN2O2S. The summed E-state index contributed by atoms with van der Waals surface area (Å²) in [6.07, 6.45) is 0. The molecule has 0 amide bonds. The lowest BCUT2D eigenvalue weighted by Crippen LogP contribution is -2.17. The lowest BCUT2D eigenvalue weighted by molar-refractivity contribution is 0.599. The van der Waals surface area contributed by atoms with Gasteiger partial charge in [-0.25, -0.2) is 12.8 Å². The third-order valence-electron chi connectivity index (χ3n) is 2.80. The van der Waals surface area contributed by atoms with Crippen LogP contribution >= 0.6 is 15.9 Å². The molecule has 2 aromatic carbocycles. The quantitative estimate of drug-likeness (QED) is 0.847. The molecule has 0 bridgehead atoms. The van der Waals surface area contributed by atoms with Crippen molar-refractivity contribution >= 4 is 31.6 Å². The summed E-state index contributed by atoms with van der Waals surface area (Å²) in [7, 11) is -1.99. The van der Waals surface area contributed by atoms with E-state index in [9.17, 15) is 12.8 Å². The molecule has 2 N–H and O–H groups in total. The highest BCUT2D eigenvalue weighted by molar-refractivity contribution is 9.10. The van der Waals surface area contributed by atoms with Crippen LogP contribution < -0.4 is 10.0 Å². The van der Waals surface area contributed by atoms with Gasteiger partial charge in [-0.1, -0.05) is 18.2 Å². The molecule has 0 aliphatic heterocycles. The lowest BCUT2D eigenvalue weighted by Gasteiger charge is -2.12. The SMILES string of the molecule is CNCc1ccccc1S(=O)(=O)Nc1ccc(F)c(Br)c1. The Labute approximate surface area is 131 Å². The van der Waals surface area contributed by atoms with Gasteiger partial charge in [0.1, 0.15) is 5.82 Å². The number of anilines is 1. The van der Waals surface area contributed by atoms with Crippen molar-refractivity contribution in [3.8, 4) is 0 Å². The molecule has 112 valence electrons. The molecule has 0 heterocycles. The first-order valence-corrected chi connectivity index (χ1v) is 8.42. The molecule has 0 aliphatic carbocycles. The Morgan fingerprint density at radius 3 is 2.57 bits per heavy atom. The maximum absolute atomic E-state index is 13.2. The van der Waals surface area contributed by atoms with Crippen LogP contribution in [0.25, 0.3) is 0 Å². The van der Waals surface area contributed by atoms with E-state index in [-0.39, 0.29) is 9.37 Å². The van der Waals surface area contributed by atoms with E-state index in [1.165, 1.54) is 24.3 Å². The molecule has 0 spiro atoms. The van der Waals surface area contributed by atoms with Crippen molar-refractivity contribution < 1.29 is 12.8 Å². The molecule has 2 aromatic rings. The van der Waals surface area contributed by atoms with Crippen molar-refractivity contribution in [1.82, 2.24) is 5.32 Å². The zero-order valence-corrected chi connectivity index (χ0v) is 13.6. The summed E-state index contributed by atoms with van der Waals surface area (Å²) in [5, 5.41) is 2.93. The highest BCUT2D eigenvalue weighted by Crippen LogP contribution is 2.23. The topological polar surface area (TPSA) is 58.2 Å². The molecule has 0 fully saturated rings. The molecule has 0 unspecified atom stereocenters. The Balaban J connectivity index is 2.36. The first-order chi connectivity index (χ1) is 9.94. The minimum absolute atomic E-state index is 0.194. The second-order valence-corrected chi connectivity index (χ2v) is 6.88. The number of rotatable bonds is 5. The average Bonchev–Trinajstić information content (AvgIpc) is 2.43. The molecular weight excluding hydrogens is 359 g/mol. The van der Waals surface area contributed by atoms with Crippen LogP contribution in [0.2, 0.25) is 0 Å². The maximum Gasteiger partial charge on any atom is 0.262 e. The fourth-order valence-electron chi connectivity index (χ4n) is 1.87. The zero-order valence-electron chi connectivity index (χ0n) is 11.2. The van der Waals surface area contributed by atoms with Crippen molar-refractivity contribution in [2.45, 2.75) is 11.4 Å². The third-order valence-corrected chi connectivity index (χ3v) is 4.89. The summed E-state index contributed by atoms with van der Waals surface area (Å²) >= 11 is 3.03. The predicted octanol–water partition coefficient (Wildman–Crippen LogP) is 3.11. The average molecular weight is 373 g/mol. The second kappa shape index (κ2) is 6.55. The highest BCUT2D eigenvalue weighted by atomic mass is 79.9. The van der Waals surface area contributed by atoms with Crippen LogP contribution in [0.4, 0.5) is 10.1 Å². The summed E-state index contributed by atoms with van der Waals surface area (Å²) in [6, 6.07) is 10.7. The van der Waals surface area contributed by atoms with Crippen LogP contribution in [0.1, 0.15) is 5.56 Å². The van der Waals surface area contributed by atoms with Gasteiger partial charge in [-0.3, -0.25) is 4.72 Å². The van der Waals surface area contributed by atoms with Crippen molar-refractivity contribution in [2.75, 3.05) is 11.8 Å². The van der Waals surface area contributed by atoms with Gasteiger partial charge in [0, 0.05) is 6.54 Å². The number of sulfonamides is 1. The molecule has 0 aromatic heterocycles. The van der Waals surface area contributed by atoms with Gasteiger partial charge in [0.2, 0.25) is 0 Å². The normalized spacial score (nSPS) is 11.4. The van der Waals surface area contributed by atoms with Gasteiger partial charge in [0.05, 0.1) is 15.1 Å². The van der Waals surface area contributed by atoms with Crippen molar-refractivity contribution in [3.05, 3.63) is 58.3 Å². The van der Waals surface area contributed by atoms with Gasteiger partial charge >= 0.3 is 0 Å². The van der Waals surface area contributed by atoms with Gasteiger partial charge in [-0.05, 0) is 52.8 Å². The Kier molecular flexibility index (Phi) is 4.97. The van der Waals surface area contributed by atoms with Gasteiger partial charge in [-0.2, -0.15) is 0 Å². The zero-order chi connectivity index (χ0) is 15.5. The molecule has 2 rings (SSSR count). The molecule has 7 heteroatoms. The molecule has 0 radical (unpaired) electrons. The molecule has 4 nitrogen and oxygen atoms in total. The largest absolute Gasteiger partial charge is 0.316 e. The summed E-state index contributed by atoms with van der Waals surface area (Å²) in [6.45, 7) is 0.435. The number of halogens is 2. The number of hydrogen-bond acceptors (Lipinski definition) is 3. The maximum atomic E-state index is 13.2. The van der Waals surface area contributed by atoms with E-state index in [0.717, 1.165) is 0 Å². The standard InChI is InChI=1S/C14H14BrFN2O2S/c1-17-9-10-4-2-3-5-14(10)21(19,20)18-11-6-7-13(16)12(15)8-11/h2-8,17-18H,9H2,1H3. The van der Waals surface area contributed by atoms with Crippen LogP contribution in [0.5, 0.6) is 0 Å². The highest BCUT2D eigenvalue weighted by Gasteiger charge is 2.18. The van der Waals surface area contributed by atoms with Gasteiger partial charge in [0.15, 0.2) is 0 Å². The molecule has 21 heavy (non-hydrogen) atoms. The Morgan fingerprint density at radius 2 is 1.90 bits per heavy atom. The van der Waals surface area contributed by atoms with E-state index >= 15 is 0 Å². The molecule has 0 aliphatic rings. The summed E-state index contributed by atoms with van der Waals surface area (Å²) in [5.41, 5.74) is 0.955. The fourth-order valence-corrected chi connectivity index (χ4v) is 3.54. The number of nitrogens with one attached hydrogen (secondary N) is 2. The molecule has 0 saturated heterocycles. The fraction of sp³-hybridized carbons (Fsp3) is 0.143. The van der Waals surface area contributed by atoms with Gasteiger partial charge in [-0.15, -0.1) is 0 Å². The van der Waals surface area contributed by atoms with Crippen LogP contribution in [0, 0.1) is 5.82 Å². The van der Waals surface area contributed by atoms with E-state index in [2.05, 4.69) is 26.0 Å². The Bertz CT molecular complexity index is 750. The van der Waals surface area contributed by atoms with E-state index in [1.54, 1.807) is 25.2 Å². The minimum atomic E-state index is -3.73. The van der Waals surface area contributed by atoms with E-state index in [1.807, 2.05) is 0 Å². The minimum Gasteiger partial charge on any atom is -0.316 e. The van der Waals surface area contributed by atoms with Gasteiger partial charge < -0.3 is 5.32 Å². The Morgan fingerprint density at radius 1 is 1.19 bits per heavy atom. The lowest BCUT2D eigenvalue weighted by atomic mass is 10.2. The molecule has 0 saturated carbocycles. The van der Waals surface area contributed by atoms with Crippen molar-refractivity contribution in [2.24, 2.45) is 0 Å². The summed E-state index contributed by atoms with van der Waals surface area (Å²) in [4.78, 5) is 0.194. The van der Waals surface area contributed by atoms with Crippen LogP contribution in [-0.2, 0) is 16.6 Å². The predicted molar refractivity (Wildman–Crippen MR) is 84.1 cm³/mol. The van der Waals surface area contributed by atoms with Gasteiger partial charge in [0.25, 0.3) is 10.0 Å². The van der Waals surface area contributed by atoms with E-state index in [4.69, 9.17) is 0 Å². The Hall–Kier alpha value is -1.44. The van der Waals surface area contributed by atoms with Crippen molar-refractivity contribution in [1.29, 1.82) is 0 Å². The second-order valence-electron chi connectivity index (χ2n) is 4.37. The van der Waals surface area contributed by atoms with Crippen LogP contribution in [-0.4, -0.2) is 15.5 Å². The monoisotopic (exact) mass is 372 g/mol. The first kappa shape index (κ1) is 15.9. The number of benzene rings is 2. The molecule has 0 atom stereocenters. The van der Waals surface area contributed by atoms with E-state index < -0.39 is 15.8 Å². The first-order valence-electron chi connectivity index (χ1n) is 6.14.